The topological polar surface area (TPSA) is 64.4 Å². The van der Waals surface area contributed by atoms with Gasteiger partial charge in [-0.15, -0.1) is 12.4 Å². The number of nitrogens with one attached hydrogen (secondary N) is 1. The third kappa shape index (κ3) is 4.60. The molecule has 1 aliphatic carbocycles. The minimum Gasteiger partial charge on any atom is -0.492 e. The van der Waals surface area contributed by atoms with Gasteiger partial charge in [0.2, 0.25) is 5.91 Å². The van der Waals surface area contributed by atoms with E-state index in [1.165, 1.54) is 5.39 Å². The van der Waals surface area contributed by atoms with Crippen LogP contribution in [0.15, 0.2) is 42.5 Å². The van der Waals surface area contributed by atoms with E-state index in [4.69, 9.17) is 10.5 Å². The van der Waals surface area contributed by atoms with Crippen LogP contribution in [0.5, 0.6) is 5.75 Å². The summed E-state index contributed by atoms with van der Waals surface area (Å²) in [6.45, 7) is 1.00. The zero-order valence-corrected chi connectivity index (χ0v) is 13.9. The maximum atomic E-state index is 12.0. The second kappa shape index (κ2) is 8.18. The molecule has 3 rings (SSSR count). The molecule has 3 N–H and O–H groups in total. The number of halogens is 1. The molecule has 0 spiro atoms. The molecule has 124 valence electrons. The molecule has 1 aliphatic rings. The Morgan fingerprint density at radius 1 is 1.17 bits per heavy atom. The molecule has 0 aliphatic heterocycles. The maximum absolute atomic E-state index is 12.0. The van der Waals surface area contributed by atoms with Crippen LogP contribution >= 0.6 is 12.4 Å². The smallest absolute Gasteiger partial charge is 0.223 e. The summed E-state index contributed by atoms with van der Waals surface area (Å²) in [5.74, 6) is 1.02. The largest absolute Gasteiger partial charge is 0.492 e. The second-order valence-corrected chi connectivity index (χ2v) is 5.92. The number of hydrogen-bond acceptors (Lipinski definition) is 3. The number of rotatable bonds is 5. The lowest BCUT2D eigenvalue weighted by Crippen LogP contribution is -2.33. The Kier molecular flexibility index (Phi) is 6.25. The normalized spacial score (nSPS) is 20.0. The predicted octanol–water partition coefficient (Wildman–Crippen LogP) is 2.88. The summed E-state index contributed by atoms with van der Waals surface area (Å²) < 4.78 is 5.71. The van der Waals surface area contributed by atoms with Gasteiger partial charge in [0.1, 0.15) is 12.4 Å². The first-order valence-electron chi connectivity index (χ1n) is 7.87. The van der Waals surface area contributed by atoms with Crippen LogP contribution in [0.3, 0.4) is 0 Å². The van der Waals surface area contributed by atoms with Gasteiger partial charge in [0.25, 0.3) is 0 Å². The van der Waals surface area contributed by atoms with Gasteiger partial charge in [0.15, 0.2) is 0 Å². The van der Waals surface area contributed by atoms with Gasteiger partial charge in [-0.05, 0) is 42.2 Å². The van der Waals surface area contributed by atoms with E-state index < -0.39 is 0 Å². The highest BCUT2D eigenvalue weighted by molar-refractivity contribution is 5.85. The molecule has 0 saturated heterocycles. The van der Waals surface area contributed by atoms with E-state index in [1.54, 1.807) is 0 Å². The average molecular weight is 335 g/mol. The molecule has 0 heterocycles. The highest BCUT2D eigenvalue weighted by atomic mass is 35.5. The number of carbonyl (C=O) groups excluding carboxylic acids is 1. The Morgan fingerprint density at radius 3 is 2.70 bits per heavy atom. The van der Waals surface area contributed by atoms with Crippen LogP contribution in [0.4, 0.5) is 0 Å². The number of carbonyl (C=O) groups is 1. The molecule has 0 bridgehead atoms. The highest BCUT2D eigenvalue weighted by Gasteiger charge is 2.27. The van der Waals surface area contributed by atoms with Crippen molar-refractivity contribution < 1.29 is 9.53 Å². The first-order valence-corrected chi connectivity index (χ1v) is 7.87. The van der Waals surface area contributed by atoms with Gasteiger partial charge in [0.05, 0.1) is 6.54 Å². The Balaban J connectivity index is 0.00000192. The zero-order chi connectivity index (χ0) is 15.4. The van der Waals surface area contributed by atoms with E-state index in [0.717, 1.165) is 30.4 Å². The van der Waals surface area contributed by atoms with Crippen molar-refractivity contribution in [2.75, 3.05) is 13.2 Å². The van der Waals surface area contributed by atoms with Gasteiger partial charge in [-0.3, -0.25) is 4.79 Å². The van der Waals surface area contributed by atoms with E-state index in [9.17, 15) is 4.79 Å². The van der Waals surface area contributed by atoms with Crippen LogP contribution in [-0.2, 0) is 4.79 Å². The van der Waals surface area contributed by atoms with Crippen LogP contribution in [0.1, 0.15) is 19.3 Å². The van der Waals surface area contributed by atoms with Gasteiger partial charge < -0.3 is 15.8 Å². The van der Waals surface area contributed by atoms with Crippen molar-refractivity contribution in [2.45, 2.75) is 25.3 Å². The third-order valence-corrected chi connectivity index (χ3v) is 4.23. The fourth-order valence-corrected chi connectivity index (χ4v) is 3.00. The van der Waals surface area contributed by atoms with Gasteiger partial charge in [0, 0.05) is 12.0 Å². The van der Waals surface area contributed by atoms with Crippen molar-refractivity contribution in [1.29, 1.82) is 0 Å². The quantitative estimate of drug-likeness (QED) is 0.826. The number of ether oxygens (including phenoxy) is 1. The molecule has 1 amide bonds. The van der Waals surface area contributed by atoms with E-state index in [2.05, 4.69) is 17.4 Å². The summed E-state index contributed by atoms with van der Waals surface area (Å²) in [6.07, 6.45) is 2.65. The molecule has 2 atom stereocenters. The molecule has 0 radical (unpaired) electrons. The summed E-state index contributed by atoms with van der Waals surface area (Å²) in [6, 6.07) is 14.4. The van der Waals surface area contributed by atoms with E-state index >= 15 is 0 Å². The Morgan fingerprint density at radius 2 is 1.96 bits per heavy atom. The molecule has 2 unspecified atom stereocenters. The molecule has 2 aromatic carbocycles. The van der Waals surface area contributed by atoms with Crippen molar-refractivity contribution in [1.82, 2.24) is 5.32 Å². The van der Waals surface area contributed by atoms with Gasteiger partial charge in [-0.2, -0.15) is 0 Å². The lowest BCUT2D eigenvalue weighted by molar-refractivity contribution is -0.124. The number of hydrogen-bond donors (Lipinski definition) is 2. The van der Waals surface area contributed by atoms with E-state index in [0.29, 0.717) is 13.2 Å². The number of amides is 1. The highest BCUT2D eigenvalue weighted by Crippen LogP contribution is 2.24. The van der Waals surface area contributed by atoms with Crippen molar-refractivity contribution in [2.24, 2.45) is 11.7 Å². The summed E-state index contributed by atoms with van der Waals surface area (Å²) in [5, 5.41) is 5.28. The van der Waals surface area contributed by atoms with Crippen molar-refractivity contribution in [3.8, 4) is 5.75 Å². The number of fused-ring (bicyclic) bond motifs is 1. The fourth-order valence-electron chi connectivity index (χ4n) is 3.00. The lowest BCUT2D eigenvalue weighted by Gasteiger charge is -2.12. The predicted molar refractivity (Wildman–Crippen MR) is 95.0 cm³/mol. The number of nitrogens with two attached hydrogens (primary N) is 1. The van der Waals surface area contributed by atoms with Gasteiger partial charge >= 0.3 is 0 Å². The molecule has 4 nitrogen and oxygen atoms in total. The first kappa shape index (κ1) is 17.6. The summed E-state index contributed by atoms with van der Waals surface area (Å²) in [7, 11) is 0. The van der Waals surface area contributed by atoms with Crippen LogP contribution in [0.2, 0.25) is 0 Å². The van der Waals surface area contributed by atoms with Gasteiger partial charge in [-0.1, -0.05) is 30.3 Å². The monoisotopic (exact) mass is 334 g/mol. The van der Waals surface area contributed by atoms with E-state index in [1.807, 2.05) is 30.3 Å². The molecule has 5 heteroatoms. The number of benzene rings is 2. The minimum atomic E-state index is 0. The van der Waals surface area contributed by atoms with Crippen molar-refractivity contribution in [3.63, 3.8) is 0 Å². The Hall–Kier alpha value is -1.78. The van der Waals surface area contributed by atoms with Crippen LogP contribution in [-0.4, -0.2) is 25.1 Å². The van der Waals surface area contributed by atoms with Crippen molar-refractivity contribution >= 4 is 29.1 Å². The third-order valence-electron chi connectivity index (χ3n) is 4.23. The molecule has 2 aromatic rings. The maximum Gasteiger partial charge on any atom is 0.223 e. The van der Waals surface area contributed by atoms with Gasteiger partial charge in [-0.25, -0.2) is 0 Å². The molecular weight excluding hydrogens is 312 g/mol. The Labute approximate surface area is 142 Å². The standard InChI is InChI=1S/C18H22N2O2.ClH/c19-16-7-5-15(11-16)18(21)20-9-10-22-17-8-6-13-3-1-2-4-14(13)12-17;/h1-4,6,8,12,15-16H,5,7,9-11,19H2,(H,20,21);1H. The summed E-state index contributed by atoms with van der Waals surface area (Å²) >= 11 is 0. The van der Waals surface area contributed by atoms with Crippen LogP contribution < -0.4 is 15.8 Å². The summed E-state index contributed by atoms with van der Waals surface area (Å²) in [4.78, 5) is 12.0. The van der Waals surface area contributed by atoms with Crippen LogP contribution in [0, 0.1) is 5.92 Å². The average Bonchev–Trinajstić information content (AvgIpc) is 2.98. The van der Waals surface area contributed by atoms with E-state index in [-0.39, 0.29) is 30.3 Å². The SMILES string of the molecule is Cl.NC1CCC(C(=O)NCCOc2ccc3ccccc3c2)C1. The lowest BCUT2D eigenvalue weighted by atomic mass is 10.1. The Bertz CT molecular complexity index is 662. The van der Waals surface area contributed by atoms with Crippen LogP contribution in [0.25, 0.3) is 10.8 Å². The molecule has 0 aromatic heterocycles. The summed E-state index contributed by atoms with van der Waals surface area (Å²) in [5.41, 5.74) is 5.83. The minimum absolute atomic E-state index is 0. The molecular formula is C18H23ClN2O2. The second-order valence-electron chi connectivity index (χ2n) is 5.92. The van der Waals surface area contributed by atoms with Crippen molar-refractivity contribution in [3.05, 3.63) is 42.5 Å². The molecule has 1 saturated carbocycles. The first-order chi connectivity index (χ1) is 10.7. The fraction of sp³-hybridized carbons (Fsp3) is 0.389. The molecule has 23 heavy (non-hydrogen) atoms. The zero-order valence-electron chi connectivity index (χ0n) is 13.0. The molecule has 1 fully saturated rings.